The number of aromatic nitrogens is 1. The van der Waals surface area contributed by atoms with Crippen molar-refractivity contribution in [3.63, 3.8) is 0 Å². The van der Waals surface area contributed by atoms with Gasteiger partial charge in [-0.15, -0.1) is 0 Å². The second-order valence-electron chi connectivity index (χ2n) is 8.32. The van der Waals surface area contributed by atoms with Gasteiger partial charge in [-0.1, -0.05) is 12.1 Å². The third kappa shape index (κ3) is 5.03. The van der Waals surface area contributed by atoms with Crippen molar-refractivity contribution in [1.29, 1.82) is 0 Å². The molecule has 4 rings (SSSR count). The van der Waals surface area contributed by atoms with Crippen molar-refractivity contribution in [3.8, 4) is 5.75 Å². The molecule has 1 aromatic heterocycles. The Hall–Kier alpha value is -3.32. The predicted octanol–water partition coefficient (Wildman–Crippen LogP) is 4.61. The van der Waals surface area contributed by atoms with Gasteiger partial charge in [0.15, 0.2) is 0 Å². The van der Waals surface area contributed by atoms with E-state index >= 15 is 0 Å². The molecule has 3 aromatic rings. The number of esters is 1. The van der Waals surface area contributed by atoms with E-state index < -0.39 is 5.97 Å². The van der Waals surface area contributed by atoms with Crippen molar-refractivity contribution in [2.45, 2.75) is 20.8 Å². The Bertz CT molecular complexity index is 1140. The lowest BCUT2D eigenvalue weighted by atomic mass is 10.1. The van der Waals surface area contributed by atoms with Crippen molar-refractivity contribution >= 4 is 33.9 Å². The molecule has 0 saturated carbocycles. The number of fused-ring (bicyclic) bond motifs is 1. The van der Waals surface area contributed by atoms with Crippen LogP contribution in [0.1, 0.15) is 29.8 Å². The van der Waals surface area contributed by atoms with Crippen LogP contribution in [0.15, 0.2) is 42.6 Å². The van der Waals surface area contributed by atoms with Gasteiger partial charge in [0.1, 0.15) is 11.3 Å². The van der Waals surface area contributed by atoms with E-state index in [4.69, 9.17) is 9.47 Å². The van der Waals surface area contributed by atoms with Crippen molar-refractivity contribution < 1.29 is 14.3 Å². The van der Waals surface area contributed by atoms with Crippen LogP contribution < -0.4 is 15.0 Å². The molecule has 1 fully saturated rings. The van der Waals surface area contributed by atoms with Crippen LogP contribution in [0.2, 0.25) is 0 Å². The molecule has 0 atom stereocenters. The second kappa shape index (κ2) is 10.1. The molecule has 0 amide bonds. The summed E-state index contributed by atoms with van der Waals surface area (Å²) < 4.78 is 11.3. The van der Waals surface area contributed by atoms with Crippen LogP contribution in [-0.2, 0) is 4.74 Å². The quantitative estimate of drug-likeness (QED) is 0.529. The summed E-state index contributed by atoms with van der Waals surface area (Å²) in [7, 11) is 2.14. The average molecular weight is 449 g/mol. The van der Waals surface area contributed by atoms with E-state index in [-0.39, 0.29) is 0 Å². The standard InChI is InChI=1S/C26H32N4O3/c1-5-32-24-16-22-20(15-23(24)30-12-10-29(4)11-13-30)25(21(17-27-22)26(31)33-6-2)28-19-9-7-8-18(3)14-19/h7-9,14-17H,5-6,10-13H2,1-4H3,(H,27,28). The monoisotopic (exact) mass is 448 g/mol. The first-order valence-electron chi connectivity index (χ1n) is 11.5. The number of piperazine rings is 1. The maximum atomic E-state index is 12.8. The highest BCUT2D eigenvalue weighted by molar-refractivity contribution is 6.07. The average Bonchev–Trinajstić information content (AvgIpc) is 2.80. The molecule has 174 valence electrons. The maximum absolute atomic E-state index is 12.8. The summed E-state index contributed by atoms with van der Waals surface area (Å²) in [6.07, 6.45) is 1.59. The van der Waals surface area contributed by atoms with Crippen LogP contribution in [0.25, 0.3) is 10.9 Å². The highest BCUT2D eigenvalue weighted by Crippen LogP contribution is 2.38. The fraction of sp³-hybridized carbons (Fsp3) is 0.385. The van der Waals surface area contributed by atoms with Gasteiger partial charge in [0.2, 0.25) is 0 Å². The molecule has 0 unspecified atom stereocenters. The van der Waals surface area contributed by atoms with E-state index in [2.05, 4.69) is 39.3 Å². The van der Waals surface area contributed by atoms with Crippen LogP contribution in [0.3, 0.4) is 0 Å². The van der Waals surface area contributed by atoms with Gasteiger partial charge in [-0.25, -0.2) is 4.79 Å². The van der Waals surface area contributed by atoms with Gasteiger partial charge in [0, 0.05) is 49.5 Å². The highest BCUT2D eigenvalue weighted by atomic mass is 16.5. The molecule has 7 heteroatoms. The number of hydrogen-bond acceptors (Lipinski definition) is 7. The van der Waals surface area contributed by atoms with Crippen molar-refractivity contribution in [3.05, 3.63) is 53.7 Å². The largest absolute Gasteiger partial charge is 0.492 e. The number of nitrogens with one attached hydrogen (secondary N) is 1. The summed E-state index contributed by atoms with van der Waals surface area (Å²) in [5.41, 5.74) is 4.93. The number of carbonyl (C=O) groups is 1. The van der Waals surface area contributed by atoms with E-state index in [1.54, 1.807) is 13.1 Å². The number of nitrogens with zero attached hydrogens (tertiary/aromatic N) is 3. The molecule has 33 heavy (non-hydrogen) atoms. The minimum absolute atomic E-state index is 0.302. The molecule has 1 aliphatic heterocycles. The first-order valence-corrected chi connectivity index (χ1v) is 11.5. The number of benzene rings is 2. The number of carbonyl (C=O) groups excluding carboxylic acids is 1. The Morgan fingerprint density at radius 3 is 2.58 bits per heavy atom. The fourth-order valence-corrected chi connectivity index (χ4v) is 4.14. The summed E-state index contributed by atoms with van der Waals surface area (Å²) >= 11 is 0. The third-order valence-electron chi connectivity index (χ3n) is 5.88. The van der Waals surface area contributed by atoms with Crippen LogP contribution in [0.4, 0.5) is 17.1 Å². The number of rotatable bonds is 7. The van der Waals surface area contributed by atoms with Gasteiger partial charge in [0.25, 0.3) is 0 Å². The van der Waals surface area contributed by atoms with Gasteiger partial charge in [-0.2, -0.15) is 0 Å². The minimum Gasteiger partial charge on any atom is -0.492 e. The third-order valence-corrected chi connectivity index (χ3v) is 5.88. The highest BCUT2D eigenvalue weighted by Gasteiger charge is 2.22. The molecule has 0 spiro atoms. The van der Waals surface area contributed by atoms with E-state index in [1.807, 2.05) is 38.1 Å². The summed E-state index contributed by atoms with van der Waals surface area (Å²) in [6, 6.07) is 12.2. The molecule has 7 nitrogen and oxygen atoms in total. The van der Waals surface area contributed by atoms with E-state index in [1.165, 1.54) is 0 Å². The molecule has 1 saturated heterocycles. The number of aryl methyl sites for hydroxylation is 1. The van der Waals surface area contributed by atoms with Crippen molar-refractivity contribution in [2.24, 2.45) is 0 Å². The van der Waals surface area contributed by atoms with Crippen molar-refractivity contribution in [2.75, 3.05) is 56.7 Å². The molecule has 0 bridgehead atoms. The first-order chi connectivity index (χ1) is 16.0. The fourth-order valence-electron chi connectivity index (χ4n) is 4.14. The van der Waals surface area contributed by atoms with Crippen molar-refractivity contribution in [1.82, 2.24) is 9.88 Å². The van der Waals surface area contributed by atoms with Crippen LogP contribution in [-0.4, -0.2) is 62.3 Å². The molecule has 1 aliphatic rings. The predicted molar refractivity (Wildman–Crippen MR) is 133 cm³/mol. The summed E-state index contributed by atoms with van der Waals surface area (Å²) in [5, 5.41) is 4.34. The molecule has 0 radical (unpaired) electrons. The number of anilines is 3. The topological polar surface area (TPSA) is 66.9 Å². The number of ether oxygens (including phenoxy) is 2. The summed E-state index contributed by atoms with van der Waals surface area (Å²) in [6.45, 7) is 10.5. The van der Waals surface area contributed by atoms with Gasteiger partial charge in [0.05, 0.1) is 30.1 Å². The SMILES string of the molecule is CCOC(=O)c1cnc2cc(OCC)c(N3CCN(C)CC3)cc2c1Nc1cccc(C)c1. The van der Waals surface area contributed by atoms with Gasteiger partial charge in [-0.3, -0.25) is 4.98 Å². The van der Waals surface area contributed by atoms with Crippen LogP contribution in [0.5, 0.6) is 5.75 Å². The van der Waals surface area contributed by atoms with E-state index in [0.717, 1.165) is 59.8 Å². The Labute approximate surface area is 195 Å². The lowest BCUT2D eigenvalue weighted by Gasteiger charge is -2.35. The molecule has 2 heterocycles. The molecule has 1 N–H and O–H groups in total. The lowest BCUT2D eigenvalue weighted by molar-refractivity contribution is 0.0527. The Morgan fingerprint density at radius 1 is 1.09 bits per heavy atom. The zero-order chi connectivity index (χ0) is 23.4. The summed E-state index contributed by atoms with van der Waals surface area (Å²) in [4.78, 5) is 22.1. The van der Waals surface area contributed by atoms with Crippen LogP contribution in [0, 0.1) is 6.92 Å². The lowest BCUT2D eigenvalue weighted by Crippen LogP contribution is -2.44. The minimum atomic E-state index is -0.392. The van der Waals surface area contributed by atoms with Gasteiger partial charge < -0.3 is 24.6 Å². The van der Waals surface area contributed by atoms with E-state index in [0.29, 0.717) is 24.5 Å². The molecular weight excluding hydrogens is 416 g/mol. The maximum Gasteiger partial charge on any atom is 0.341 e. The van der Waals surface area contributed by atoms with Crippen LogP contribution >= 0.6 is 0 Å². The van der Waals surface area contributed by atoms with E-state index in [9.17, 15) is 4.79 Å². The van der Waals surface area contributed by atoms with Gasteiger partial charge in [-0.05, 0) is 51.6 Å². The summed E-state index contributed by atoms with van der Waals surface area (Å²) in [5.74, 6) is 0.421. The molecule has 0 aliphatic carbocycles. The number of hydrogen-bond donors (Lipinski definition) is 1. The molecular formula is C26H32N4O3. The van der Waals surface area contributed by atoms with Gasteiger partial charge >= 0.3 is 5.97 Å². The molecule has 2 aromatic carbocycles. The first kappa shape index (κ1) is 22.9. The Kier molecular flexibility index (Phi) is 6.99. The Morgan fingerprint density at radius 2 is 1.88 bits per heavy atom. The zero-order valence-electron chi connectivity index (χ0n) is 19.9. The zero-order valence-corrected chi connectivity index (χ0v) is 19.9. The Balaban J connectivity index is 1.88. The number of likely N-dealkylation sites (N-methyl/N-ethyl adjacent to an activating group) is 1. The second-order valence-corrected chi connectivity index (χ2v) is 8.32. The smallest absolute Gasteiger partial charge is 0.341 e. The normalized spacial score (nSPS) is 14.4. The number of pyridine rings is 1.